The molecular weight excluding hydrogens is 422 g/mol. The van der Waals surface area contributed by atoms with Crippen LogP contribution >= 0.6 is 11.6 Å². The standard InChI is InChI=1S/C22H24ClN3O5/c1-3-31-20-15-16(14-19(23)22(20)30-2)4-9-21(27)25-12-10-24(11-13-25)17-5-7-18(8-6-17)26(28)29/h4-9,14-15H,3,10-13H2,1-2H3/b9-4+. The third-order valence-corrected chi connectivity index (χ3v) is 5.25. The van der Waals surface area contributed by atoms with Gasteiger partial charge in [0.25, 0.3) is 5.69 Å². The number of amides is 1. The molecule has 3 rings (SSSR count). The summed E-state index contributed by atoms with van der Waals surface area (Å²) in [4.78, 5) is 26.9. The van der Waals surface area contributed by atoms with E-state index in [-0.39, 0.29) is 11.6 Å². The van der Waals surface area contributed by atoms with Gasteiger partial charge in [-0.25, -0.2) is 0 Å². The summed E-state index contributed by atoms with van der Waals surface area (Å²) in [6.07, 6.45) is 3.23. The molecule has 8 nitrogen and oxygen atoms in total. The molecule has 1 fully saturated rings. The topological polar surface area (TPSA) is 85.2 Å². The van der Waals surface area contributed by atoms with E-state index in [1.807, 2.05) is 6.92 Å². The number of nitrogens with zero attached hydrogens (tertiary/aromatic N) is 3. The first-order chi connectivity index (χ1) is 14.9. The Balaban J connectivity index is 1.61. The van der Waals surface area contributed by atoms with Crippen molar-refractivity contribution in [2.24, 2.45) is 0 Å². The molecule has 164 valence electrons. The molecule has 0 aromatic heterocycles. The highest BCUT2D eigenvalue weighted by atomic mass is 35.5. The maximum Gasteiger partial charge on any atom is 0.269 e. The Morgan fingerprint density at radius 2 is 1.87 bits per heavy atom. The van der Waals surface area contributed by atoms with Crippen LogP contribution in [0.25, 0.3) is 6.08 Å². The van der Waals surface area contributed by atoms with E-state index in [0.717, 1.165) is 11.3 Å². The number of carbonyl (C=O) groups is 1. The highest BCUT2D eigenvalue weighted by molar-refractivity contribution is 6.32. The van der Waals surface area contributed by atoms with Gasteiger partial charge in [0.1, 0.15) is 0 Å². The van der Waals surface area contributed by atoms with Gasteiger partial charge in [-0.15, -0.1) is 0 Å². The lowest BCUT2D eigenvalue weighted by molar-refractivity contribution is -0.384. The minimum Gasteiger partial charge on any atom is -0.491 e. The number of rotatable bonds is 7. The molecule has 1 heterocycles. The molecule has 0 spiro atoms. The second-order valence-electron chi connectivity index (χ2n) is 6.89. The molecular formula is C22H24ClN3O5. The predicted molar refractivity (Wildman–Crippen MR) is 120 cm³/mol. The van der Waals surface area contributed by atoms with E-state index in [9.17, 15) is 14.9 Å². The molecule has 1 amide bonds. The lowest BCUT2D eigenvalue weighted by atomic mass is 10.1. The highest BCUT2D eigenvalue weighted by Crippen LogP contribution is 2.36. The van der Waals surface area contributed by atoms with Gasteiger partial charge in [-0.05, 0) is 42.8 Å². The molecule has 2 aromatic rings. The number of benzene rings is 2. The molecule has 0 N–H and O–H groups in total. The Morgan fingerprint density at radius 3 is 2.45 bits per heavy atom. The first-order valence-corrected chi connectivity index (χ1v) is 10.3. The zero-order valence-electron chi connectivity index (χ0n) is 17.4. The van der Waals surface area contributed by atoms with Gasteiger partial charge in [-0.3, -0.25) is 14.9 Å². The maximum absolute atomic E-state index is 12.6. The zero-order chi connectivity index (χ0) is 22.4. The molecule has 1 aliphatic rings. The fourth-order valence-corrected chi connectivity index (χ4v) is 3.68. The number of halogens is 1. The largest absolute Gasteiger partial charge is 0.491 e. The lowest BCUT2D eigenvalue weighted by Gasteiger charge is -2.35. The Morgan fingerprint density at radius 1 is 1.19 bits per heavy atom. The van der Waals surface area contributed by atoms with Crippen molar-refractivity contribution < 1.29 is 19.2 Å². The summed E-state index contributed by atoms with van der Waals surface area (Å²) in [5.41, 5.74) is 1.71. The number of anilines is 1. The number of non-ortho nitro benzene ring substituents is 1. The van der Waals surface area contributed by atoms with Crippen molar-refractivity contribution in [3.05, 3.63) is 63.2 Å². The number of nitro groups is 1. The van der Waals surface area contributed by atoms with E-state index in [1.165, 1.54) is 25.3 Å². The summed E-state index contributed by atoms with van der Waals surface area (Å²) in [5.74, 6) is 0.906. The summed E-state index contributed by atoms with van der Waals surface area (Å²) < 4.78 is 10.8. The molecule has 0 aliphatic carbocycles. The molecule has 1 aliphatic heterocycles. The van der Waals surface area contributed by atoms with Gasteiger partial charge < -0.3 is 19.3 Å². The predicted octanol–water partition coefficient (Wildman–Crippen LogP) is 4.02. The van der Waals surface area contributed by atoms with Crippen molar-refractivity contribution >= 4 is 35.0 Å². The molecule has 0 unspecified atom stereocenters. The molecule has 9 heteroatoms. The third-order valence-electron chi connectivity index (χ3n) is 4.97. The lowest BCUT2D eigenvalue weighted by Crippen LogP contribution is -2.48. The monoisotopic (exact) mass is 445 g/mol. The SMILES string of the molecule is CCOc1cc(/C=C/C(=O)N2CCN(c3ccc([N+](=O)[O-])cc3)CC2)cc(Cl)c1OC. The van der Waals surface area contributed by atoms with Gasteiger partial charge in [0.2, 0.25) is 5.91 Å². The van der Waals surface area contributed by atoms with Crippen molar-refractivity contribution in [3.8, 4) is 11.5 Å². The van der Waals surface area contributed by atoms with E-state index in [0.29, 0.717) is 49.3 Å². The Bertz CT molecular complexity index is 970. The van der Waals surface area contributed by atoms with Crippen LogP contribution in [0.4, 0.5) is 11.4 Å². The Hall–Kier alpha value is -3.26. The van der Waals surface area contributed by atoms with Crippen LogP contribution in [0.5, 0.6) is 11.5 Å². The van der Waals surface area contributed by atoms with Crippen LogP contribution in [0, 0.1) is 10.1 Å². The van der Waals surface area contributed by atoms with Gasteiger partial charge in [-0.1, -0.05) is 11.6 Å². The fourth-order valence-electron chi connectivity index (χ4n) is 3.39. The summed E-state index contributed by atoms with van der Waals surface area (Å²) in [5, 5.41) is 11.2. The smallest absolute Gasteiger partial charge is 0.269 e. The van der Waals surface area contributed by atoms with Gasteiger partial charge in [0, 0.05) is 50.1 Å². The normalized spacial score (nSPS) is 14.0. The average Bonchev–Trinajstić information content (AvgIpc) is 2.78. The van der Waals surface area contributed by atoms with E-state index < -0.39 is 4.92 Å². The summed E-state index contributed by atoms with van der Waals surface area (Å²) >= 11 is 6.26. The van der Waals surface area contributed by atoms with Crippen molar-refractivity contribution in [1.82, 2.24) is 4.90 Å². The number of nitro benzene ring substituents is 1. The van der Waals surface area contributed by atoms with Crippen LogP contribution in [-0.2, 0) is 4.79 Å². The average molecular weight is 446 g/mol. The van der Waals surface area contributed by atoms with E-state index in [2.05, 4.69) is 4.90 Å². The van der Waals surface area contributed by atoms with Crippen molar-refractivity contribution in [3.63, 3.8) is 0 Å². The second-order valence-corrected chi connectivity index (χ2v) is 7.29. The first-order valence-electron chi connectivity index (χ1n) is 9.89. The maximum atomic E-state index is 12.6. The van der Waals surface area contributed by atoms with Crippen molar-refractivity contribution in [2.75, 3.05) is 44.8 Å². The van der Waals surface area contributed by atoms with E-state index in [4.69, 9.17) is 21.1 Å². The van der Waals surface area contributed by atoms with Gasteiger partial charge in [-0.2, -0.15) is 0 Å². The minimum atomic E-state index is -0.417. The van der Waals surface area contributed by atoms with Gasteiger partial charge in [0.05, 0.1) is 23.7 Å². The van der Waals surface area contributed by atoms with E-state index >= 15 is 0 Å². The number of piperazine rings is 1. The molecule has 1 saturated heterocycles. The number of methoxy groups -OCH3 is 1. The van der Waals surface area contributed by atoms with Crippen LogP contribution in [0.15, 0.2) is 42.5 Å². The van der Waals surface area contributed by atoms with Crippen LogP contribution in [0.3, 0.4) is 0 Å². The molecule has 31 heavy (non-hydrogen) atoms. The van der Waals surface area contributed by atoms with Crippen LogP contribution in [-0.4, -0.2) is 55.6 Å². The van der Waals surface area contributed by atoms with Crippen molar-refractivity contribution in [2.45, 2.75) is 6.92 Å². The molecule has 0 radical (unpaired) electrons. The van der Waals surface area contributed by atoms with Crippen LogP contribution in [0.1, 0.15) is 12.5 Å². The Labute approximate surface area is 185 Å². The number of ether oxygens (including phenoxy) is 2. The summed E-state index contributed by atoms with van der Waals surface area (Å²) in [6.45, 7) is 4.77. The van der Waals surface area contributed by atoms with Crippen LogP contribution < -0.4 is 14.4 Å². The number of hydrogen-bond donors (Lipinski definition) is 0. The molecule has 0 bridgehead atoms. The fraction of sp³-hybridized carbons (Fsp3) is 0.318. The van der Waals surface area contributed by atoms with Gasteiger partial charge in [0.15, 0.2) is 11.5 Å². The third kappa shape index (κ3) is 5.46. The Kier molecular flexibility index (Phi) is 7.36. The summed E-state index contributed by atoms with van der Waals surface area (Å²) in [6, 6.07) is 9.96. The summed E-state index contributed by atoms with van der Waals surface area (Å²) in [7, 11) is 1.53. The molecule has 2 aromatic carbocycles. The van der Waals surface area contributed by atoms with Crippen molar-refractivity contribution in [1.29, 1.82) is 0 Å². The van der Waals surface area contributed by atoms with E-state index in [1.54, 1.807) is 35.2 Å². The number of hydrogen-bond acceptors (Lipinski definition) is 6. The zero-order valence-corrected chi connectivity index (χ0v) is 18.2. The number of carbonyl (C=O) groups excluding carboxylic acids is 1. The quantitative estimate of drug-likeness (QED) is 0.363. The van der Waals surface area contributed by atoms with Crippen LogP contribution in [0.2, 0.25) is 5.02 Å². The second kappa shape index (κ2) is 10.2. The minimum absolute atomic E-state index is 0.0637. The van der Waals surface area contributed by atoms with Gasteiger partial charge >= 0.3 is 0 Å². The molecule has 0 saturated carbocycles. The molecule has 0 atom stereocenters. The first kappa shape index (κ1) is 22.4. The highest BCUT2D eigenvalue weighted by Gasteiger charge is 2.20.